The summed E-state index contributed by atoms with van der Waals surface area (Å²) in [5.41, 5.74) is 2.08. The van der Waals surface area contributed by atoms with Crippen molar-refractivity contribution in [3.63, 3.8) is 0 Å². The number of hydrogen-bond acceptors (Lipinski definition) is 3. The van der Waals surface area contributed by atoms with Crippen molar-refractivity contribution < 1.29 is 9.59 Å². The number of likely N-dealkylation sites (N-methyl/N-ethyl adjacent to an activating group) is 1. The Labute approximate surface area is 149 Å². The summed E-state index contributed by atoms with van der Waals surface area (Å²) in [6.07, 6.45) is 5.08. The molecule has 1 aromatic carbocycles. The van der Waals surface area contributed by atoms with Gasteiger partial charge >= 0.3 is 6.03 Å². The third kappa shape index (κ3) is 2.74. The highest BCUT2D eigenvalue weighted by atomic mass is 16.2. The Bertz CT molecular complexity index is 681. The highest BCUT2D eigenvalue weighted by molar-refractivity contribution is 6.07. The quantitative estimate of drug-likeness (QED) is 0.828. The maximum absolute atomic E-state index is 12.6. The molecule has 1 aromatic rings. The van der Waals surface area contributed by atoms with Gasteiger partial charge in [-0.25, -0.2) is 4.79 Å². The summed E-state index contributed by atoms with van der Waals surface area (Å²) in [6, 6.07) is 9.12. The zero-order valence-corrected chi connectivity index (χ0v) is 15.0. The minimum absolute atomic E-state index is 0.0482. The van der Waals surface area contributed by atoms with Crippen molar-refractivity contribution in [3.05, 3.63) is 35.4 Å². The van der Waals surface area contributed by atoms with Crippen LogP contribution in [0.15, 0.2) is 24.3 Å². The molecule has 3 amide bonds. The SMILES string of the molecule is Cc1ccc(C2CC(NCC3CCCC34NC(=O)N(C)C4=O)C2)cc1. The molecule has 0 bridgehead atoms. The summed E-state index contributed by atoms with van der Waals surface area (Å²) in [7, 11) is 1.58. The van der Waals surface area contributed by atoms with Crippen molar-refractivity contribution in [2.75, 3.05) is 13.6 Å². The third-order valence-corrected chi connectivity index (χ3v) is 6.48. The maximum atomic E-state index is 12.6. The zero-order valence-electron chi connectivity index (χ0n) is 15.0. The van der Waals surface area contributed by atoms with Gasteiger partial charge in [0.2, 0.25) is 0 Å². The predicted molar refractivity (Wildman–Crippen MR) is 96.3 cm³/mol. The molecule has 2 saturated carbocycles. The minimum atomic E-state index is -0.654. The number of hydrogen-bond donors (Lipinski definition) is 2. The number of amides is 3. The second-order valence-corrected chi connectivity index (χ2v) is 8.04. The summed E-state index contributed by atoms with van der Waals surface area (Å²) < 4.78 is 0. The van der Waals surface area contributed by atoms with Crippen LogP contribution in [0.3, 0.4) is 0 Å². The molecule has 1 saturated heterocycles. The van der Waals surface area contributed by atoms with Crippen LogP contribution in [0, 0.1) is 12.8 Å². The van der Waals surface area contributed by atoms with Gasteiger partial charge in [-0.3, -0.25) is 9.69 Å². The molecule has 3 fully saturated rings. The van der Waals surface area contributed by atoms with E-state index in [4.69, 9.17) is 0 Å². The monoisotopic (exact) mass is 341 g/mol. The van der Waals surface area contributed by atoms with Crippen LogP contribution in [0.25, 0.3) is 0 Å². The molecule has 0 radical (unpaired) electrons. The Kier molecular flexibility index (Phi) is 4.07. The van der Waals surface area contributed by atoms with Gasteiger partial charge in [0.1, 0.15) is 5.54 Å². The Morgan fingerprint density at radius 1 is 1.24 bits per heavy atom. The minimum Gasteiger partial charge on any atom is -0.323 e. The van der Waals surface area contributed by atoms with Gasteiger partial charge in [-0.05, 0) is 44.1 Å². The summed E-state index contributed by atoms with van der Waals surface area (Å²) in [4.78, 5) is 25.7. The first kappa shape index (κ1) is 16.6. The van der Waals surface area contributed by atoms with Crippen molar-refractivity contribution >= 4 is 11.9 Å². The molecule has 5 heteroatoms. The number of carbonyl (C=O) groups excluding carboxylic acids is 2. The lowest BCUT2D eigenvalue weighted by Crippen LogP contribution is -2.54. The summed E-state index contributed by atoms with van der Waals surface area (Å²) in [5.74, 6) is 0.801. The van der Waals surface area contributed by atoms with Gasteiger partial charge in [0.15, 0.2) is 0 Å². The topological polar surface area (TPSA) is 61.4 Å². The van der Waals surface area contributed by atoms with E-state index < -0.39 is 5.54 Å². The van der Waals surface area contributed by atoms with Gasteiger partial charge in [-0.15, -0.1) is 0 Å². The summed E-state index contributed by atoms with van der Waals surface area (Å²) in [5, 5.41) is 6.63. The molecule has 25 heavy (non-hydrogen) atoms. The molecule has 4 rings (SSSR count). The number of aryl methyl sites for hydroxylation is 1. The molecule has 0 aromatic heterocycles. The Hall–Kier alpha value is -1.88. The largest absolute Gasteiger partial charge is 0.324 e. The first-order valence-electron chi connectivity index (χ1n) is 9.40. The smallest absolute Gasteiger partial charge is 0.323 e. The lowest BCUT2D eigenvalue weighted by atomic mass is 9.75. The van der Waals surface area contributed by atoms with Crippen LogP contribution in [0.4, 0.5) is 4.79 Å². The number of nitrogens with one attached hydrogen (secondary N) is 2. The molecule has 3 aliphatic rings. The number of urea groups is 1. The first-order valence-corrected chi connectivity index (χ1v) is 9.40. The summed E-state index contributed by atoms with van der Waals surface area (Å²) in [6.45, 7) is 2.93. The molecule has 2 unspecified atom stereocenters. The van der Waals surface area contributed by atoms with Crippen LogP contribution in [0.5, 0.6) is 0 Å². The van der Waals surface area contributed by atoms with Crippen LogP contribution >= 0.6 is 0 Å². The van der Waals surface area contributed by atoms with E-state index in [-0.39, 0.29) is 17.9 Å². The average Bonchev–Trinajstić information content (AvgIpc) is 3.05. The van der Waals surface area contributed by atoms with E-state index in [1.807, 2.05) is 0 Å². The summed E-state index contributed by atoms with van der Waals surface area (Å²) >= 11 is 0. The normalized spacial score (nSPS) is 34.5. The standard InChI is InChI=1S/C20H27N3O2/c1-13-5-7-14(8-6-13)15-10-17(11-15)21-12-16-4-3-9-20(16)18(24)23(2)19(25)22-20/h5-8,15-17,21H,3-4,9-12H2,1-2H3,(H,22,25). The number of rotatable bonds is 4. The molecule has 1 spiro atoms. The fourth-order valence-corrected chi connectivity index (χ4v) is 4.72. The molecule has 1 aliphatic heterocycles. The van der Waals surface area contributed by atoms with E-state index in [1.54, 1.807) is 7.05 Å². The molecule has 2 N–H and O–H groups in total. The number of nitrogens with zero attached hydrogens (tertiary/aromatic N) is 1. The molecule has 5 nitrogen and oxygen atoms in total. The van der Waals surface area contributed by atoms with Crippen LogP contribution < -0.4 is 10.6 Å². The van der Waals surface area contributed by atoms with Gasteiger partial charge in [0.05, 0.1) is 0 Å². The van der Waals surface area contributed by atoms with Gasteiger partial charge in [0.25, 0.3) is 5.91 Å². The third-order valence-electron chi connectivity index (χ3n) is 6.48. The molecule has 1 heterocycles. The van der Waals surface area contributed by atoms with E-state index in [0.29, 0.717) is 12.0 Å². The number of benzene rings is 1. The molecular weight excluding hydrogens is 314 g/mol. The van der Waals surface area contributed by atoms with Gasteiger partial charge < -0.3 is 10.6 Å². The lowest BCUT2D eigenvalue weighted by Gasteiger charge is -2.38. The molecular formula is C20H27N3O2. The van der Waals surface area contributed by atoms with Crippen LogP contribution in [0.1, 0.15) is 49.1 Å². The Morgan fingerprint density at radius 2 is 1.96 bits per heavy atom. The Morgan fingerprint density at radius 3 is 2.60 bits per heavy atom. The van der Waals surface area contributed by atoms with E-state index in [2.05, 4.69) is 41.8 Å². The lowest BCUT2D eigenvalue weighted by molar-refractivity contribution is -0.131. The average molecular weight is 341 g/mol. The van der Waals surface area contributed by atoms with Crippen LogP contribution in [-0.2, 0) is 4.79 Å². The van der Waals surface area contributed by atoms with Crippen LogP contribution in [-0.4, -0.2) is 42.0 Å². The second kappa shape index (κ2) is 6.13. The molecule has 134 valence electrons. The van der Waals surface area contributed by atoms with Crippen LogP contribution in [0.2, 0.25) is 0 Å². The van der Waals surface area contributed by atoms with Crippen molar-refractivity contribution in [3.8, 4) is 0 Å². The molecule has 2 aliphatic carbocycles. The fraction of sp³-hybridized carbons (Fsp3) is 0.600. The predicted octanol–water partition coefficient (Wildman–Crippen LogP) is 2.55. The van der Waals surface area contributed by atoms with Crippen molar-refractivity contribution in [2.45, 2.75) is 56.5 Å². The van der Waals surface area contributed by atoms with E-state index in [0.717, 1.165) is 38.6 Å². The van der Waals surface area contributed by atoms with Crippen molar-refractivity contribution in [1.82, 2.24) is 15.5 Å². The first-order chi connectivity index (χ1) is 12.0. The zero-order chi connectivity index (χ0) is 17.6. The van der Waals surface area contributed by atoms with Crippen molar-refractivity contribution in [2.24, 2.45) is 5.92 Å². The van der Waals surface area contributed by atoms with E-state index in [1.165, 1.54) is 16.0 Å². The maximum Gasteiger partial charge on any atom is 0.324 e. The van der Waals surface area contributed by atoms with E-state index >= 15 is 0 Å². The highest BCUT2D eigenvalue weighted by Gasteiger charge is 2.56. The molecule has 2 atom stereocenters. The second-order valence-electron chi connectivity index (χ2n) is 8.04. The van der Waals surface area contributed by atoms with Gasteiger partial charge in [-0.1, -0.05) is 36.2 Å². The van der Waals surface area contributed by atoms with Crippen molar-refractivity contribution in [1.29, 1.82) is 0 Å². The fourth-order valence-electron chi connectivity index (χ4n) is 4.72. The Balaban J connectivity index is 1.31. The number of imide groups is 1. The number of carbonyl (C=O) groups is 2. The highest BCUT2D eigenvalue weighted by Crippen LogP contribution is 2.41. The van der Waals surface area contributed by atoms with E-state index in [9.17, 15) is 9.59 Å². The van der Waals surface area contributed by atoms with Gasteiger partial charge in [-0.2, -0.15) is 0 Å². The van der Waals surface area contributed by atoms with Gasteiger partial charge in [0, 0.05) is 25.6 Å².